The van der Waals surface area contributed by atoms with E-state index in [1.54, 1.807) is 30.5 Å². The molecule has 0 aliphatic carbocycles. The van der Waals surface area contributed by atoms with Crippen LogP contribution in [0.1, 0.15) is 46.4 Å². The van der Waals surface area contributed by atoms with E-state index in [1.165, 1.54) is 22.8 Å². The summed E-state index contributed by atoms with van der Waals surface area (Å²) in [4.78, 5) is 38.1. The fourth-order valence-corrected chi connectivity index (χ4v) is 4.78. The lowest BCUT2D eigenvalue weighted by Gasteiger charge is -2.25. The van der Waals surface area contributed by atoms with Gasteiger partial charge in [0.1, 0.15) is 0 Å². The lowest BCUT2D eigenvalue weighted by Crippen LogP contribution is -2.32. The molecule has 1 amide bonds. The number of rotatable bonds is 9. The first-order chi connectivity index (χ1) is 18.1. The molecule has 7 nitrogen and oxygen atoms in total. The maximum atomic E-state index is 13.4. The lowest BCUT2D eigenvalue weighted by molar-refractivity contribution is -0.136. The van der Waals surface area contributed by atoms with Crippen LogP contribution < -0.4 is 11.3 Å². The molecule has 200 valence electrons. The third kappa shape index (κ3) is 6.53. The van der Waals surface area contributed by atoms with Crippen molar-refractivity contribution in [1.29, 1.82) is 0 Å². The van der Waals surface area contributed by atoms with Gasteiger partial charge in [-0.1, -0.05) is 29.8 Å². The number of pyridine rings is 1. The van der Waals surface area contributed by atoms with Crippen molar-refractivity contribution < 1.29 is 27.8 Å². The average molecular weight is 545 g/mol. The van der Waals surface area contributed by atoms with E-state index < -0.39 is 30.7 Å². The van der Waals surface area contributed by atoms with Gasteiger partial charge in [-0.15, -0.1) is 0 Å². The van der Waals surface area contributed by atoms with Crippen molar-refractivity contribution in [3.05, 3.63) is 92.4 Å². The zero-order valence-corrected chi connectivity index (χ0v) is 21.4. The Morgan fingerprint density at radius 2 is 1.84 bits per heavy atom. The topological polar surface area (TPSA) is 101 Å². The summed E-state index contributed by atoms with van der Waals surface area (Å²) in [6, 6.07) is 12.0. The molecule has 0 fully saturated rings. The smallest absolute Gasteiger partial charge is 0.345 e. The zero-order chi connectivity index (χ0) is 27.4. The Balaban J connectivity index is 1.72. The number of carbonyl (C=O) groups excluding carboxylic acids is 2. The van der Waals surface area contributed by atoms with Crippen LogP contribution >= 0.6 is 11.6 Å². The Morgan fingerprint density at radius 3 is 2.53 bits per heavy atom. The summed E-state index contributed by atoms with van der Waals surface area (Å²) in [5, 5.41) is 0.521. The molecule has 0 saturated carbocycles. The van der Waals surface area contributed by atoms with Gasteiger partial charge < -0.3 is 19.8 Å². The van der Waals surface area contributed by atoms with Crippen LogP contribution in [-0.2, 0) is 33.7 Å². The summed E-state index contributed by atoms with van der Waals surface area (Å²) >= 11 is 6.26. The number of hydrogen-bond donors (Lipinski definition) is 1. The van der Waals surface area contributed by atoms with Crippen LogP contribution in [0.15, 0.2) is 59.5 Å². The highest BCUT2D eigenvalue weighted by Gasteiger charge is 2.25. The standard InChI is InChI=1S/C28H27ClF2N2O5/c1-16-10-19-6-7-21(29)12-22(19)23-13-26(35)33(14-20(23)15-38-16)24(8-9-37-28(30)31)25(34)11-17-2-4-18(5-3-17)27(32)36/h2-7,12-14,16,24,28H,8-11,15H2,1H3,(H2,32,36)/t16-,24+/m1/s1. The molecule has 0 saturated heterocycles. The molecule has 3 aromatic rings. The minimum Gasteiger partial charge on any atom is -0.373 e. The van der Waals surface area contributed by atoms with Crippen LogP contribution in [0.5, 0.6) is 0 Å². The summed E-state index contributed by atoms with van der Waals surface area (Å²) < 4.78 is 37.0. The van der Waals surface area contributed by atoms with Gasteiger partial charge in [-0.05, 0) is 66.3 Å². The van der Waals surface area contributed by atoms with Gasteiger partial charge in [0.2, 0.25) is 5.91 Å². The third-order valence-electron chi connectivity index (χ3n) is 6.52. The quantitative estimate of drug-likeness (QED) is 0.420. The fraction of sp³-hybridized carbons (Fsp3) is 0.321. The van der Waals surface area contributed by atoms with E-state index in [4.69, 9.17) is 22.1 Å². The molecule has 0 radical (unpaired) electrons. The van der Waals surface area contributed by atoms with Crippen LogP contribution in [0.3, 0.4) is 0 Å². The number of aromatic nitrogens is 1. The summed E-state index contributed by atoms with van der Waals surface area (Å²) in [5.41, 5.74) is 8.76. The molecule has 0 spiro atoms. The molecule has 2 N–H and O–H groups in total. The normalized spacial score (nSPS) is 15.8. The molecule has 38 heavy (non-hydrogen) atoms. The number of primary amides is 1. The Hall–Kier alpha value is -3.40. The van der Waals surface area contributed by atoms with Crippen molar-refractivity contribution >= 4 is 23.3 Å². The highest BCUT2D eigenvalue weighted by Crippen LogP contribution is 2.33. The van der Waals surface area contributed by atoms with Crippen LogP contribution in [0.25, 0.3) is 11.1 Å². The monoisotopic (exact) mass is 544 g/mol. The molecule has 4 rings (SSSR count). The van der Waals surface area contributed by atoms with Gasteiger partial charge in [0.25, 0.3) is 5.56 Å². The first-order valence-corrected chi connectivity index (χ1v) is 12.5. The number of carbonyl (C=O) groups is 2. The number of ether oxygens (including phenoxy) is 2. The van der Waals surface area contributed by atoms with E-state index in [-0.39, 0.29) is 36.9 Å². The second kappa shape index (κ2) is 12.0. The number of nitrogens with zero attached hydrogens (tertiary/aromatic N) is 1. The van der Waals surface area contributed by atoms with Gasteiger partial charge >= 0.3 is 6.61 Å². The van der Waals surface area contributed by atoms with Crippen molar-refractivity contribution in [2.24, 2.45) is 5.73 Å². The number of benzene rings is 2. The largest absolute Gasteiger partial charge is 0.373 e. The number of halogens is 3. The summed E-state index contributed by atoms with van der Waals surface area (Å²) in [6.45, 7) is -1.30. The second-order valence-electron chi connectivity index (χ2n) is 9.23. The maximum Gasteiger partial charge on any atom is 0.345 e. The fourth-order valence-electron chi connectivity index (χ4n) is 4.61. The number of nitrogens with two attached hydrogens (primary N) is 1. The Bertz CT molecular complexity index is 1390. The number of ketones is 1. The van der Waals surface area contributed by atoms with Gasteiger partial charge in [0.05, 0.1) is 25.4 Å². The van der Waals surface area contributed by atoms with Crippen molar-refractivity contribution in [3.63, 3.8) is 0 Å². The van der Waals surface area contributed by atoms with E-state index in [0.29, 0.717) is 28.1 Å². The number of Topliss-reactive ketones (excluding diaryl/α,β-unsaturated/α-hetero) is 1. The molecular formula is C28H27ClF2N2O5. The van der Waals surface area contributed by atoms with E-state index in [2.05, 4.69) is 4.74 Å². The van der Waals surface area contributed by atoms with Crippen LogP contribution in [-0.4, -0.2) is 35.6 Å². The van der Waals surface area contributed by atoms with Crippen molar-refractivity contribution in [3.8, 4) is 11.1 Å². The van der Waals surface area contributed by atoms with Gasteiger partial charge in [-0.2, -0.15) is 8.78 Å². The number of alkyl halides is 2. The number of fused-ring (bicyclic) bond motifs is 3. The zero-order valence-electron chi connectivity index (χ0n) is 20.7. The molecule has 0 bridgehead atoms. The summed E-state index contributed by atoms with van der Waals surface area (Å²) in [7, 11) is 0. The van der Waals surface area contributed by atoms with Crippen molar-refractivity contribution in [2.75, 3.05) is 6.61 Å². The predicted octanol–water partition coefficient (Wildman–Crippen LogP) is 4.71. The summed E-state index contributed by atoms with van der Waals surface area (Å²) in [6.07, 6.45) is 1.86. The molecular weight excluding hydrogens is 518 g/mol. The molecule has 1 aromatic heterocycles. The highest BCUT2D eigenvalue weighted by atomic mass is 35.5. The first-order valence-electron chi connectivity index (χ1n) is 12.1. The van der Waals surface area contributed by atoms with E-state index in [1.807, 2.05) is 13.0 Å². The van der Waals surface area contributed by atoms with Crippen LogP contribution in [0, 0.1) is 0 Å². The molecule has 1 aliphatic rings. The summed E-state index contributed by atoms with van der Waals surface area (Å²) in [5.74, 6) is -0.975. The van der Waals surface area contributed by atoms with Crippen LogP contribution in [0.4, 0.5) is 8.78 Å². The average Bonchev–Trinajstić information content (AvgIpc) is 2.86. The minimum absolute atomic E-state index is 0.0894. The van der Waals surface area contributed by atoms with Crippen molar-refractivity contribution in [2.45, 2.75) is 51.6 Å². The van der Waals surface area contributed by atoms with Gasteiger partial charge in [0.15, 0.2) is 5.78 Å². The van der Waals surface area contributed by atoms with E-state index in [9.17, 15) is 23.2 Å². The van der Waals surface area contributed by atoms with E-state index >= 15 is 0 Å². The van der Waals surface area contributed by atoms with E-state index in [0.717, 1.165) is 11.1 Å². The first kappa shape index (κ1) is 27.6. The molecule has 0 unspecified atom stereocenters. The predicted molar refractivity (Wildman–Crippen MR) is 138 cm³/mol. The Labute approximate surface area is 223 Å². The molecule has 2 atom stereocenters. The number of amides is 1. The van der Waals surface area contributed by atoms with Crippen molar-refractivity contribution in [1.82, 2.24) is 4.57 Å². The lowest BCUT2D eigenvalue weighted by atomic mass is 9.92. The van der Waals surface area contributed by atoms with Gasteiger partial charge in [-0.3, -0.25) is 14.4 Å². The molecule has 2 heterocycles. The van der Waals surface area contributed by atoms with Gasteiger partial charge in [0, 0.05) is 34.8 Å². The van der Waals surface area contributed by atoms with Crippen LogP contribution in [0.2, 0.25) is 5.02 Å². The molecule has 10 heteroatoms. The molecule has 2 aromatic carbocycles. The Kier molecular flexibility index (Phi) is 8.71. The van der Waals surface area contributed by atoms with Gasteiger partial charge in [-0.25, -0.2) is 0 Å². The highest BCUT2D eigenvalue weighted by molar-refractivity contribution is 6.30. The Morgan fingerprint density at radius 1 is 1.13 bits per heavy atom. The third-order valence-corrected chi connectivity index (χ3v) is 6.75. The number of hydrogen-bond acceptors (Lipinski definition) is 5. The minimum atomic E-state index is -3.00. The molecule has 1 aliphatic heterocycles. The maximum absolute atomic E-state index is 13.4. The SMILES string of the molecule is C[C@@H]1Cc2ccc(Cl)cc2-c2cc(=O)n([C@@H](CCOC(F)F)C(=O)Cc3ccc(C(N)=O)cc3)cc2CO1. The second-order valence-corrected chi connectivity index (χ2v) is 9.66.